The highest BCUT2D eigenvalue weighted by atomic mass is 15.3. The Kier molecular flexibility index (Phi) is 8.04. The van der Waals surface area contributed by atoms with E-state index in [1.54, 1.807) is 0 Å². The number of aromatic nitrogens is 1. The molecule has 0 atom stereocenters. The molecular weight excluding hydrogens is 274 g/mol. The summed E-state index contributed by atoms with van der Waals surface area (Å²) in [6, 6.07) is 4.09. The predicted molar refractivity (Wildman–Crippen MR) is 95.4 cm³/mol. The summed E-state index contributed by atoms with van der Waals surface area (Å²) in [6.45, 7) is 8.33. The summed E-state index contributed by atoms with van der Waals surface area (Å²) in [5.41, 5.74) is 1.16. The summed E-state index contributed by atoms with van der Waals surface area (Å²) in [7, 11) is 6.06. The van der Waals surface area contributed by atoms with Crippen LogP contribution in [0, 0.1) is 0 Å². The van der Waals surface area contributed by atoms with Crippen LogP contribution in [-0.4, -0.2) is 50.1 Å². The molecule has 1 heterocycles. The molecule has 0 aliphatic carbocycles. The number of nitrogens with zero attached hydrogens (tertiary/aromatic N) is 4. The molecule has 0 unspecified atom stereocenters. The molecule has 5 nitrogen and oxygen atoms in total. The van der Waals surface area contributed by atoms with Gasteiger partial charge in [-0.1, -0.05) is 6.08 Å². The Hall–Kier alpha value is -2.04. The summed E-state index contributed by atoms with van der Waals surface area (Å²) < 4.78 is 0. The molecule has 22 heavy (non-hydrogen) atoms. The minimum atomic E-state index is 0.650. The largest absolute Gasteiger partial charge is 0.363 e. The van der Waals surface area contributed by atoms with Gasteiger partial charge in [0.05, 0.1) is 6.54 Å². The number of allylic oxidation sites excluding steroid dienone is 1. The lowest BCUT2D eigenvalue weighted by Crippen LogP contribution is -2.39. The molecule has 1 aromatic rings. The van der Waals surface area contributed by atoms with Gasteiger partial charge in [0, 0.05) is 40.4 Å². The van der Waals surface area contributed by atoms with Crippen LogP contribution in [-0.2, 0) is 6.54 Å². The van der Waals surface area contributed by atoms with Crippen molar-refractivity contribution in [3.63, 3.8) is 0 Å². The molecule has 0 aliphatic heterocycles. The van der Waals surface area contributed by atoms with E-state index in [0.717, 1.165) is 43.3 Å². The number of hydrogen-bond donors (Lipinski definition) is 1. The zero-order valence-corrected chi connectivity index (χ0v) is 14.3. The Morgan fingerprint density at radius 2 is 2.18 bits per heavy atom. The van der Waals surface area contributed by atoms with Crippen molar-refractivity contribution in [2.45, 2.75) is 26.3 Å². The highest BCUT2D eigenvalue weighted by Gasteiger charge is 2.05. The molecule has 5 heteroatoms. The van der Waals surface area contributed by atoms with Gasteiger partial charge in [-0.3, -0.25) is 0 Å². The Balaban J connectivity index is 2.72. The maximum atomic E-state index is 4.72. The van der Waals surface area contributed by atoms with Gasteiger partial charge in [0.2, 0.25) is 0 Å². The molecular formula is C17H29N5. The van der Waals surface area contributed by atoms with E-state index >= 15 is 0 Å². The van der Waals surface area contributed by atoms with E-state index in [0.29, 0.717) is 6.54 Å². The molecule has 122 valence electrons. The number of unbranched alkanes of at least 4 members (excludes halogenated alkanes) is 1. The van der Waals surface area contributed by atoms with Crippen LogP contribution >= 0.6 is 0 Å². The van der Waals surface area contributed by atoms with Crippen molar-refractivity contribution >= 4 is 11.8 Å². The Morgan fingerprint density at radius 1 is 1.41 bits per heavy atom. The zero-order chi connectivity index (χ0) is 16.4. The highest BCUT2D eigenvalue weighted by molar-refractivity contribution is 5.79. The van der Waals surface area contributed by atoms with E-state index < -0.39 is 0 Å². The van der Waals surface area contributed by atoms with Crippen LogP contribution in [0.4, 0.5) is 5.82 Å². The lowest BCUT2D eigenvalue weighted by Gasteiger charge is -2.21. The summed E-state index contributed by atoms with van der Waals surface area (Å²) in [5, 5.41) is 3.34. The van der Waals surface area contributed by atoms with Gasteiger partial charge in [-0.25, -0.2) is 9.98 Å². The van der Waals surface area contributed by atoms with Crippen molar-refractivity contribution in [2.24, 2.45) is 4.99 Å². The van der Waals surface area contributed by atoms with Crippen LogP contribution in [0.3, 0.4) is 0 Å². The first kappa shape index (κ1) is 18.0. The van der Waals surface area contributed by atoms with Gasteiger partial charge in [-0.15, -0.1) is 6.58 Å². The van der Waals surface area contributed by atoms with Gasteiger partial charge in [0.15, 0.2) is 5.96 Å². The van der Waals surface area contributed by atoms with E-state index in [1.807, 2.05) is 37.3 Å². The first-order valence-electron chi connectivity index (χ1n) is 7.81. The maximum Gasteiger partial charge on any atom is 0.193 e. The minimum Gasteiger partial charge on any atom is -0.363 e. The number of anilines is 1. The van der Waals surface area contributed by atoms with Crippen LogP contribution in [0.1, 0.15) is 25.3 Å². The van der Waals surface area contributed by atoms with Gasteiger partial charge < -0.3 is 15.1 Å². The zero-order valence-electron chi connectivity index (χ0n) is 14.3. The number of nitrogens with one attached hydrogen (secondary N) is 1. The highest BCUT2D eigenvalue weighted by Crippen LogP contribution is 2.10. The molecule has 0 amide bonds. The molecule has 1 aromatic heterocycles. The second-order valence-corrected chi connectivity index (χ2v) is 5.44. The first-order chi connectivity index (χ1) is 10.6. The van der Waals surface area contributed by atoms with Crippen molar-refractivity contribution in [3.05, 3.63) is 36.5 Å². The molecule has 0 aliphatic rings. The molecule has 0 fully saturated rings. The van der Waals surface area contributed by atoms with Crippen LogP contribution in [0.2, 0.25) is 0 Å². The van der Waals surface area contributed by atoms with Gasteiger partial charge in [0.1, 0.15) is 5.82 Å². The van der Waals surface area contributed by atoms with E-state index in [1.165, 1.54) is 0 Å². The second-order valence-electron chi connectivity index (χ2n) is 5.44. The quantitative estimate of drug-likeness (QED) is 0.347. The topological polar surface area (TPSA) is 43.8 Å². The molecule has 0 saturated carbocycles. The summed E-state index contributed by atoms with van der Waals surface area (Å²) in [5.74, 6) is 1.90. The Bertz CT molecular complexity index is 482. The molecule has 0 aromatic carbocycles. The van der Waals surface area contributed by atoms with Gasteiger partial charge in [-0.2, -0.15) is 0 Å². The summed E-state index contributed by atoms with van der Waals surface area (Å²) >= 11 is 0. The summed E-state index contributed by atoms with van der Waals surface area (Å²) in [4.78, 5) is 13.2. The van der Waals surface area contributed by atoms with Crippen molar-refractivity contribution < 1.29 is 0 Å². The van der Waals surface area contributed by atoms with Crippen molar-refractivity contribution in [1.82, 2.24) is 15.2 Å². The number of hydrogen-bond acceptors (Lipinski definition) is 3. The monoisotopic (exact) mass is 303 g/mol. The maximum absolute atomic E-state index is 4.72. The standard InChI is InChI=1S/C17H29N5/c1-6-8-9-12-22(5)17(18-7-2)20-14-15-10-11-19-16(13-15)21(3)4/h6,10-11,13H,1,7-9,12,14H2,2-5H3,(H,18,20). The van der Waals surface area contributed by atoms with Crippen molar-refractivity contribution in [2.75, 3.05) is 39.1 Å². The van der Waals surface area contributed by atoms with E-state index in [-0.39, 0.29) is 0 Å². The van der Waals surface area contributed by atoms with Crippen molar-refractivity contribution in [1.29, 1.82) is 0 Å². The predicted octanol–water partition coefficient (Wildman–Crippen LogP) is 2.51. The third-order valence-electron chi connectivity index (χ3n) is 3.28. The van der Waals surface area contributed by atoms with Gasteiger partial charge >= 0.3 is 0 Å². The van der Waals surface area contributed by atoms with Gasteiger partial charge in [-0.05, 0) is 37.5 Å². The number of guanidine groups is 1. The van der Waals surface area contributed by atoms with E-state index in [2.05, 4.69) is 41.8 Å². The Morgan fingerprint density at radius 3 is 2.82 bits per heavy atom. The third kappa shape index (κ3) is 6.16. The van der Waals surface area contributed by atoms with Crippen molar-refractivity contribution in [3.8, 4) is 0 Å². The molecule has 1 N–H and O–H groups in total. The van der Waals surface area contributed by atoms with Crippen LogP contribution in [0.25, 0.3) is 0 Å². The third-order valence-corrected chi connectivity index (χ3v) is 3.28. The molecule has 0 radical (unpaired) electrons. The lowest BCUT2D eigenvalue weighted by atomic mass is 10.2. The van der Waals surface area contributed by atoms with Crippen LogP contribution < -0.4 is 10.2 Å². The number of rotatable bonds is 8. The van der Waals surface area contributed by atoms with Gasteiger partial charge in [0.25, 0.3) is 0 Å². The second kappa shape index (κ2) is 9.82. The van der Waals surface area contributed by atoms with E-state index in [4.69, 9.17) is 4.99 Å². The Labute approximate surface area is 134 Å². The molecule has 0 bridgehead atoms. The molecule has 0 saturated heterocycles. The van der Waals surface area contributed by atoms with Crippen LogP contribution in [0.15, 0.2) is 36.0 Å². The minimum absolute atomic E-state index is 0.650. The lowest BCUT2D eigenvalue weighted by molar-refractivity contribution is 0.470. The van der Waals surface area contributed by atoms with E-state index in [9.17, 15) is 0 Å². The molecule has 0 spiro atoms. The fraction of sp³-hybridized carbons (Fsp3) is 0.529. The SMILES string of the molecule is C=CCCCN(C)C(=NCc1ccnc(N(C)C)c1)NCC. The number of pyridine rings is 1. The first-order valence-corrected chi connectivity index (χ1v) is 7.81. The molecule has 1 rings (SSSR count). The fourth-order valence-corrected chi connectivity index (χ4v) is 2.02. The average molecular weight is 303 g/mol. The van der Waals surface area contributed by atoms with Crippen LogP contribution in [0.5, 0.6) is 0 Å². The fourth-order valence-electron chi connectivity index (χ4n) is 2.02. The smallest absolute Gasteiger partial charge is 0.193 e. The average Bonchev–Trinajstić information content (AvgIpc) is 2.51. The number of aliphatic imine (C=N–C) groups is 1. The normalized spacial score (nSPS) is 11.2. The summed E-state index contributed by atoms with van der Waals surface area (Å²) in [6.07, 6.45) is 5.91.